The Morgan fingerprint density at radius 1 is 0.412 bits per heavy atom. The maximum Gasteiger partial charge on any atom is 0.0436 e. The normalized spacial score (nSPS) is 11.1. The Morgan fingerprint density at radius 2 is 0.765 bits per heavy atom. The fourth-order valence-corrected chi connectivity index (χ4v) is 6.05. The first-order valence-corrected chi connectivity index (χ1v) is 12.4. The third kappa shape index (κ3) is 3.55. The van der Waals surface area contributed by atoms with Gasteiger partial charge in [0.25, 0.3) is 0 Å². The van der Waals surface area contributed by atoms with Crippen LogP contribution in [0.2, 0.25) is 0 Å². The molecule has 0 atom stereocenters. The molecule has 0 nitrogen and oxygen atoms in total. The predicted molar refractivity (Wildman–Crippen MR) is 148 cm³/mol. The van der Waals surface area contributed by atoms with Gasteiger partial charge in [-0.15, -0.1) is 11.3 Å². The summed E-state index contributed by atoms with van der Waals surface area (Å²) in [4.78, 5) is 1.33. The van der Waals surface area contributed by atoms with Crippen molar-refractivity contribution in [1.29, 1.82) is 0 Å². The van der Waals surface area contributed by atoms with Gasteiger partial charge in [-0.1, -0.05) is 121 Å². The lowest BCUT2D eigenvalue weighted by Gasteiger charge is -2.22. The number of hydrogen-bond acceptors (Lipinski definition) is 1. The van der Waals surface area contributed by atoms with Gasteiger partial charge >= 0.3 is 0 Å². The van der Waals surface area contributed by atoms with Crippen molar-refractivity contribution in [1.82, 2.24) is 0 Å². The molecule has 0 unspecified atom stereocenters. The highest BCUT2D eigenvalue weighted by molar-refractivity contribution is 7.19. The molecule has 0 aliphatic rings. The van der Waals surface area contributed by atoms with Crippen molar-refractivity contribution in [3.05, 3.63) is 132 Å². The van der Waals surface area contributed by atoms with E-state index in [1.54, 1.807) is 0 Å². The van der Waals surface area contributed by atoms with E-state index in [0.717, 1.165) is 0 Å². The summed E-state index contributed by atoms with van der Waals surface area (Å²) >= 11 is 1.90. The van der Waals surface area contributed by atoms with Crippen molar-refractivity contribution in [2.75, 3.05) is 0 Å². The molecule has 6 aromatic rings. The zero-order valence-electron chi connectivity index (χ0n) is 19.0. The predicted octanol–water partition coefficient (Wildman–Crippen LogP) is 9.88. The van der Waals surface area contributed by atoms with Crippen LogP contribution in [-0.2, 0) is 0 Å². The van der Waals surface area contributed by atoms with Crippen LogP contribution in [-0.4, -0.2) is 0 Å². The molecule has 0 radical (unpaired) electrons. The third-order valence-electron chi connectivity index (χ3n) is 6.35. The average Bonchev–Trinajstić information content (AvgIpc) is 3.30. The van der Waals surface area contributed by atoms with Crippen LogP contribution < -0.4 is 0 Å². The number of fused-ring (bicyclic) bond motifs is 1. The molecule has 0 bridgehead atoms. The van der Waals surface area contributed by atoms with Gasteiger partial charge in [0.2, 0.25) is 0 Å². The van der Waals surface area contributed by atoms with Crippen molar-refractivity contribution >= 4 is 21.4 Å². The molecule has 0 spiro atoms. The van der Waals surface area contributed by atoms with Gasteiger partial charge in [0.1, 0.15) is 0 Å². The van der Waals surface area contributed by atoms with Crippen LogP contribution in [0.4, 0.5) is 0 Å². The summed E-state index contributed by atoms with van der Waals surface area (Å²) in [7, 11) is 0. The quantitative estimate of drug-likeness (QED) is 0.250. The van der Waals surface area contributed by atoms with Gasteiger partial charge in [0.05, 0.1) is 0 Å². The molecule has 1 heteroatoms. The second kappa shape index (κ2) is 8.78. The van der Waals surface area contributed by atoms with Crippen LogP contribution in [0.15, 0.2) is 127 Å². The largest absolute Gasteiger partial charge is 0.140 e. The maximum atomic E-state index is 2.37. The van der Waals surface area contributed by atoms with E-state index in [1.165, 1.54) is 59.5 Å². The average molecular weight is 453 g/mol. The van der Waals surface area contributed by atoms with E-state index in [-0.39, 0.29) is 0 Å². The van der Waals surface area contributed by atoms with E-state index >= 15 is 0 Å². The molecule has 1 heterocycles. The van der Waals surface area contributed by atoms with E-state index in [2.05, 4.69) is 134 Å². The zero-order valence-corrected chi connectivity index (χ0v) is 19.8. The van der Waals surface area contributed by atoms with E-state index in [0.29, 0.717) is 0 Å². The van der Waals surface area contributed by atoms with Gasteiger partial charge < -0.3 is 0 Å². The smallest absolute Gasteiger partial charge is 0.0436 e. The number of aryl methyl sites for hydroxylation is 1. The number of benzene rings is 5. The minimum atomic E-state index is 1.24. The molecule has 6 rings (SSSR count). The Labute approximate surface area is 204 Å². The Kier molecular flexibility index (Phi) is 5.33. The molecule has 5 aromatic carbocycles. The molecule has 34 heavy (non-hydrogen) atoms. The van der Waals surface area contributed by atoms with Gasteiger partial charge in [-0.25, -0.2) is 0 Å². The van der Waals surface area contributed by atoms with Gasteiger partial charge in [-0.3, -0.25) is 0 Å². The maximum absolute atomic E-state index is 2.37. The van der Waals surface area contributed by atoms with Crippen LogP contribution in [0.25, 0.3) is 54.6 Å². The molecular formula is C33H24S. The van der Waals surface area contributed by atoms with E-state index in [4.69, 9.17) is 0 Å². The topological polar surface area (TPSA) is 0 Å². The van der Waals surface area contributed by atoms with E-state index in [1.807, 2.05) is 11.3 Å². The molecule has 0 N–H and O–H groups in total. The standard InChI is InChI=1S/C33H24S/c1-23-22-28-29(24-14-6-2-7-15-24)30(25-16-8-3-9-17-25)31(26-18-10-4-11-19-26)32(33(28)34-23)27-20-12-5-13-21-27/h2-22H,1H3. The Hall–Kier alpha value is -3.94. The molecule has 0 aliphatic heterocycles. The highest BCUT2D eigenvalue weighted by Crippen LogP contribution is 2.52. The zero-order chi connectivity index (χ0) is 22.9. The minimum Gasteiger partial charge on any atom is -0.140 e. The summed E-state index contributed by atoms with van der Waals surface area (Å²) in [5.74, 6) is 0. The van der Waals surface area contributed by atoms with Crippen molar-refractivity contribution < 1.29 is 0 Å². The SMILES string of the molecule is Cc1cc2c(-c3ccccc3)c(-c3ccccc3)c(-c3ccccc3)c(-c3ccccc3)c2s1. The highest BCUT2D eigenvalue weighted by atomic mass is 32.1. The molecule has 1 aromatic heterocycles. The molecule has 0 fully saturated rings. The number of hydrogen-bond donors (Lipinski definition) is 0. The first kappa shape index (κ1) is 20.7. The summed E-state index contributed by atoms with van der Waals surface area (Å²) < 4.78 is 1.35. The van der Waals surface area contributed by atoms with Crippen molar-refractivity contribution in [3.63, 3.8) is 0 Å². The Balaban J connectivity index is 1.89. The van der Waals surface area contributed by atoms with Crippen LogP contribution in [0.5, 0.6) is 0 Å². The fraction of sp³-hybridized carbons (Fsp3) is 0.0303. The van der Waals surface area contributed by atoms with Crippen molar-refractivity contribution in [2.45, 2.75) is 6.92 Å². The minimum absolute atomic E-state index is 1.24. The van der Waals surface area contributed by atoms with Crippen LogP contribution in [0.3, 0.4) is 0 Å². The Bertz CT molecular complexity index is 1440. The second-order valence-corrected chi connectivity index (χ2v) is 9.82. The lowest BCUT2D eigenvalue weighted by atomic mass is 9.81. The lowest BCUT2D eigenvalue weighted by molar-refractivity contribution is 1.57. The van der Waals surface area contributed by atoms with Crippen LogP contribution >= 0.6 is 11.3 Å². The second-order valence-electron chi connectivity index (χ2n) is 8.56. The molecule has 0 saturated carbocycles. The lowest BCUT2D eigenvalue weighted by Crippen LogP contribution is -1.95. The van der Waals surface area contributed by atoms with Gasteiger partial charge in [0.15, 0.2) is 0 Å². The number of thiophene rings is 1. The van der Waals surface area contributed by atoms with Gasteiger partial charge in [0, 0.05) is 20.5 Å². The van der Waals surface area contributed by atoms with Gasteiger partial charge in [-0.2, -0.15) is 0 Å². The first-order chi connectivity index (χ1) is 16.8. The van der Waals surface area contributed by atoms with Gasteiger partial charge in [-0.05, 0) is 51.9 Å². The summed E-state index contributed by atoms with van der Waals surface area (Å²) in [5.41, 5.74) is 10.2. The first-order valence-electron chi connectivity index (χ1n) is 11.6. The Morgan fingerprint density at radius 3 is 1.21 bits per heavy atom. The van der Waals surface area contributed by atoms with E-state index in [9.17, 15) is 0 Å². The van der Waals surface area contributed by atoms with Crippen LogP contribution in [0.1, 0.15) is 4.88 Å². The highest BCUT2D eigenvalue weighted by Gasteiger charge is 2.24. The molecule has 0 aliphatic carbocycles. The summed E-state index contributed by atoms with van der Waals surface area (Å²) in [6.45, 7) is 2.22. The molecule has 0 saturated heterocycles. The molecular weight excluding hydrogens is 428 g/mol. The third-order valence-corrected chi connectivity index (χ3v) is 7.42. The summed E-state index contributed by atoms with van der Waals surface area (Å²) in [6.07, 6.45) is 0. The molecule has 162 valence electrons. The molecule has 0 amide bonds. The number of rotatable bonds is 4. The fourth-order valence-electron chi connectivity index (χ4n) is 4.96. The van der Waals surface area contributed by atoms with E-state index < -0.39 is 0 Å². The van der Waals surface area contributed by atoms with Crippen LogP contribution in [0, 0.1) is 6.92 Å². The van der Waals surface area contributed by atoms with Crippen molar-refractivity contribution in [3.8, 4) is 44.5 Å². The van der Waals surface area contributed by atoms with Crippen molar-refractivity contribution in [2.24, 2.45) is 0 Å². The summed E-state index contributed by atoms with van der Waals surface area (Å²) in [5, 5.41) is 1.33. The monoisotopic (exact) mass is 452 g/mol. The summed E-state index contributed by atoms with van der Waals surface area (Å²) in [6, 6.07) is 45.8.